The Kier molecular flexibility index (Phi) is 5.66. The van der Waals surface area contributed by atoms with Crippen LogP contribution in [-0.4, -0.2) is 42.0 Å². The van der Waals surface area contributed by atoms with E-state index in [2.05, 4.69) is 0 Å². The lowest BCUT2D eigenvalue weighted by molar-refractivity contribution is -0.0900. The quantitative estimate of drug-likeness (QED) is 0.830. The van der Waals surface area contributed by atoms with Crippen LogP contribution < -0.4 is 0 Å². The highest BCUT2D eigenvalue weighted by molar-refractivity contribution is 5.90. The lowest BCUT2D eigenvalue weighted by atomic mass is 10.1. The van der Waals surface area contributed by atoms with Gasteiger partial charge in [-0.25, -0.2) is 9.59 Å². The highest BCUT2D eigenvalue weighted by atomic mass is 16.6. The first-order valence-corrected chi connectivity index (χ1v) is 8.13. The molecule has 2 aromatic rings. The molecule has 0 saturated carbocycles. The molecule has 6 heteroatoms. The monoisotopic (exact) mass is 354 g/mol. The van der Waals surface area contributed by atoms with Crippen molar-refractivity contribution in [3.8, 4) is 0 Å². The summed E-state index contributed by atoms with van der Waals surface area (Å²) < 4.78 is 15.8. The predicted octanol–water partition coefficient (Wildman–Crippen LogP) is 2.34. The van der Waals surface area contributed by atoms with Crippen molar-refractivity contribution in [2.45, 2.75) is 18.3 Å². The van der Waals surface area contributed by atoms with Crippen molar-refractivity contribution in [2.24, 2.45) is 0 Å². The Hall–Kier alpha value is -3.12. The molecule has 26 heavy (non-hydrogen) atoms. The molecule has 0 radical (unpaired) electrons. The van der Waals surface area contributed by atoms with Gasteiger partial charge in [-0.1, -0.05) is 36.4 Å². The molecule has 1 N–H and O–H groups in total. The van der Waals surface area contributed by atoms with E-state index >= 15 is 0 Å². The summed E-state index contributed by atoms with van der Waals surface area (Å²) in [5, 5.41) is 10.4. The van der Waals surface area contributed by atoms with E-state index in [1.54, 1.807) is 60.7 Å². The fraction of sp³-hybridized carbons (Fsp3) is 0.200. The Morgan fingerprint density at radius 2 is 1.50 bits per heavy atom. The van der Waals surface area contributed by atoms with Crippen LogP contribution >= 0.6 is 0 Å². The largest absolute Gasteiger partial charge is 0.492 e. The number of aliphatic hydroxyl groups excluding tert-OH is 1. The fourth-order valence-corrected chi connectivity index (χ4v) is 2.46. The van der Waals surface area contributed by atoms with E-state index in [-0.39, 0.29) is 6.61 Å². The number of aliphatic hydroxyl groups is 1. The molecule has 3 atom stereocenters. The summed E-state index contributed by atoms with van der Waals surface area (Å²) in [7, 11) is 0. The molecule has 2 aromatic carbocycles. The summed E-state index contributed by atoms with van der Waals surface area (Å²) in [6.45, 7) is -0.168. The highest BCUT2D eigenvalue weighted by Crippen LogP contribution is 2.18. The number of carbonyl (C=O) groups is 2. The standard InChI is InChI=1S/C20H18O6/c21-18-16(26-20(23)15-9-5-2-6-10-15)11-12-24-17(18)13-25-19(22)14-7-3-1-4-8-14/h1-12,16-18,21H,13H2/t16?,17?,18-/m0/s1. The first kappa shape index (κ1) is 17.7. The van der Waals surface area contributed by atoms with Crippen molar-refractivity contribution < 1.29 is 28.9 Å². The molecule has 0 saturated heterocycles. The van der Waals surface area contributed by atoms with Gasteiger partial charge in [-0.05, 0) is 30.3 Å². The second-order valence-corrected chi connectivity index (χ2v) is 5.69. The number of esters is 2. The average molecular weight is 354 g/mol. The fourth-order valence-electron chi connectivity index (χ4n) is 2.46. The lowest BCUT2D eigenvalue weighted by Gasteiger charge is -2.30. The first-order valence-electron chi connectivity index (χ1n) is 8.13. The molecule has 6 nitrogen and oxygen atoms in total. The summed E-state index contributed by atoms with van der Waals surface area (Å²) in [5.41, 5.74) is 0.784. The molecule has 1 aliphatic rings. The summed E-state index contributed by atoms with van der Waals surface area (Å²) >= 11 is 0. The Bertz CT molecular complexity index is 771. The molecule has 134 valence electrons. The van der Waals surface area contributed by atoms with Gasteiger partial charge >= 0.3 is 11.9 Å². The van der Waals surface area contributed by atoms with Crippen molar-refractivity contribution >= 4 is 11.9 Å². The van der Waals surface area contributed by atoms with Crippen LogP contribution in [0.25, 0.3) is 0 Å². The summed E-state index contributed by atoms with van der Waals surface area (Å²) in [6, 6.07) is 17.0. The molecule has 0 amide bonds. The van der Waals surface area contributed by atoms with Gasteiger partial charge in [-0.15, -0.1) is 0 Å². The average Bonchev–Trinajstić information content (AvgIpc) is 2.69. The first-order chi connectivity index (χ1) is 12.6. The minimum atomic E-state index is -1.16. The second kappa shape index (κ2) is 8.31. The molecule has 1 heterocycles. The number of ether oxygens (including phenoxy) is 3. The van der Waals surface area contributed by atoms with E-state index in [0.29, 0.717) is 11.1 Å². The zero-order valence-corrected chi connectivity index (χ0v) is 13.9. The number of benzene rings is 2. The van der Waals surface area contributed by atoms with E-state index in [0.717, 1.165) is 0 Å². The van der Waals surface area contributed by atoms with Gasteiger partial charge in [0.1, 0.15) is 12.7 Å². The number of hydrogen-bond acceptors (Lipinski definition) is 6. The summed E-state index contributed by atoms with van der Waals surface area (Å²) in [4.78, 5) is 24.1. The van der Waals surface area contributed by atoms with Crippen molar-refractivity contribution in [1.82, 2.24) is 0 Å². The Morgan fingerprint density at radius 1 is 0.923 bits per heavy atom. The van der Waals surface area contributed by atoms with Crippen LogP contribution in [0.1, 0.15) is 20.7 Å². The van der Waals surface area contributed by atoms with Gasteiger partial charge in [0.05, 0.1) is 17.4 Å². The van der Waals surface area contributed by atoms with E-state index in [1.807, 2.05) is 0 Å². The zero-order chi connectivity index (χ0) is 18.4. The van der Waals surface area contributed by atoms with Crippen LogP contribution in [0.15, 0.2) is 73.0 Å². The molecule has 0 aromatic heterocycles. The SMILES string of the molecule is O=C(OCC1OC=CC(OC(=O)c2ccccc2)[C@@H]1O)c1ccccc1. The van der Waals surface area contributed by atoms with Gasteiger partial charge in [0, 0.05) is 0 Å². The van der Waals surface area contributed by atoms with E-state index in [4.69, 9.17) is 14.2 Å². The Morgan fingerprint density at radius 3 is 2.12 bits per heavy atom. The van der Waals surface area contributed by atoms with Gasteiger partial charge in [0.25, 0.3) is 0 Å². The number of carbonyl (C=O) groups excluding carboxylic acids is 2. The van der Waals surface area contributed by atoms with Crippen LogP contribution in [-0.2, 0) is 14.2 Å². The molecule has 2 unspecified atom stereocenters. The lowest BCUT2D eigenvalue weighted by Crippen LogP contribution is -2.45. The summed E-state index contributed by atoms with van der Waals surface area (Å²) in [5.74, 6) is -1.07. The minimum absolute atomic E-state index is 0.168. The smallest absolute Gasteiger partial charge is 0.338 e. The molecule has 0 spiro atoms. The topological polar surface area (TPSA) is 82.1 Å². The predicted molar refractivity (Wildman–Crippen MR) is 92.4 cm³/mol. The van der Waals surface area contributed by atoms with Crippen LogP contribution in [0, 0.1) is 0 Å². The second-order valence-electron chi connectivity index (χ2n) is 5.69. The minimum Gasteiger partial charge on any atom is -0.492 e. The summed E-state index contributed by atoms with van der Waals surface area (Å²) in [6.07, 6.45) is -0.105. The third-order valence-corrected chi connectivity index (χ3v) is 3.88. The van der Waals surface area contributed by atoms with Gasteiger partial charge in [0.15, 0.2) is 12.2 Å². The van der Waals surface area contributed by atoms with E-state index in [1.165, 1.54) is 12.3 Å². The van der Waals surface area contributed by atoms with Gasteiger partial charge < -0.3 is 19.3 Å². The molecule has 1 aliphatic heterocycles. The van der Waals surface area contributed by atoms with Crippen LogP contribution in [0.2, 0.25) is 0 Å². The van der Waals surface area contributed by atoms with E-state index in [9.17, 15) is 14.7 Å². The van der Waals surface area contributed by atoms with Gasteiger partial charge in [-0.3, -0.25) is 0 Å². The van der Waals surface area contributed by atoms with Crippen molar-refractivity contribution in [3.63, 3.8) is 0 Å². The number of rotatable bonds is 5. The third-order valence-electron chi connectivity index (χ3n) is 3.88. The number of hydrogen-bond donors (Lipinski definition) is 1. The van der Waals surface area contributed by atoms with Crippen LogP contribution in [0.3, 0.4) is 0 Å². The van der Waals surface area contributed by atoms with Crippen LogP contribution in [0.5, 0.6) is 0 Å². The molecule has 0 aliphatic carbocycles. The normalized spacial score (nSPS) is 21.5. The third kappa shape index (κ3) is 4.29. The molecule has 0 bridgehead atoms. The molecule has 0 fully saturated rings. The maximum Gasteiger partial charge on any atom is 0.338 e. The van der Waals surface area contributed by atoms with E-state index < -0.39 is 30.3 Å². The maximum atomic E-state index is 12.1. The van der Waals surface area contributed by atoms with Crippen molar-refractivity contribution in [1.29, 1.82) is 0 Å². The highest BCUT2D eigenvalue weighted by Gasteiger charge is 2.34. The van der Waals surface area contributed by atoms with Crippen molar-refractivity contribution in [3.05, 3.63) is 84.1 Å². The molecular weight excluding hydrogens is 336 g/mol. The Labute approximate surface area is 150 Å². The molecule has 3 rings (SSSR count). The van der Waals surface area contributed by atoms with Crippen molar-refractivity contribution in [2.75, 3.05) is 6.61 Å². The van der Waals surface area contributed by atoms with Gasteiger partial charge in [0.2, 0.25) is 0 Å². The van der Waals surface area contributed by atoms with Crippen LogP contribution in [0.4, 0.5) is 0 Å². The molecular formula is C20H18O6. The van der Waals surface area contributed by atoms with Gasteiger partial charge in [-0.2, -0.15) is 0 Å². The zero-order valence-electron chi connectivity index (χ0n) is 13.9. The maximum absolute atomic E-state index is 12.1. The Balaban J connectivity index is 1.56.